The molecule has 1 aliphatic rings. The summed E-state index contributed by atoms with van der Waals surface area (Å²) < 4.78 is 21.4. The van der Waals surface area contributed by atoms with Crippen LogP contribution in [0.25, 0.3) is 11.0 Å². The Bertz CT molecular complexity index is 1040. The summed E-state index contributed by atoms with van der Waals surface area (Å²) in [5.41, 5.74) is 1.10. The van der Waals surface area contributed by atoms with Crippen LogP contribution in [0.15, 0.2) is 36.7 Å². The molecule has 0 aliphatic carbocycles. The maximum atomic E-state index is 14.5. The standard InChI is InChI=1S/C20H21ClFN5O2/c1-13-11-25(17-9-18(29-2)15(21)8-16(17)22)6-7-26(13)19(12-28)27-20-14(10-24-27)4-3-5-23-20/h3-5,8-10,12-13,19H,6-7,11H2,1-2H3. The Kier molecular flexibility index (Phi) is 5.38. The molecule has 7 nitrogen and oxygen atoms in total. The summed E-state index contributed by atoms with van der Waals surface area (Å²) in [6.07, 6.45) is 3.68. The van der Waals surface area contributed by atoms with Crippen molar-refractivity contribution in [1.82, 2.24) is 19.7 Å². The summed E-state index contributed by atoms with van der Waals surface area (Å²) in [4.78, 5) is 20.3. The molecule has 0 radical (unpaired) electrons. The van der Waals surface area contributed by atoms with E-state index in [1.54, 1.807) is 23.1 Å². The lowest BCUT2D eigenvalue weighted by atomic mass is 10.1. The average molecular weight is 418 g/mol. The van der Waals surface area contributed by atoms with E-state index in [4.69, 9.17) is 16.3 Å². The third-order valence-corrected chi connectivity index (χ3v) is 5.60. The molecule has 4 rings (SSSR count). The van der Waals surface area contributed by atoms with E-state index >= 15 is 0 Å². The highest BCUT2D eigenvalue weighted by Crippen LogP contribution is 2.34. The van der Waals surface area contributed by atoms with Crippen molar-refractivity contribution in [3.05, 3.63) is 47.5 Å². The second-order valence-corrected chi connectivity index (χ2v) is 7.43. The average Bonchev–Trinajstić information content (AvgIpc) is 3.14. The fraction of sp³-hybridized carbons (Fsp3) is 0.350. The fourth-order valence-electron chi connectivity index (χ4n) is 3.85. The van der Waals surface area contributed by atoms with Crippen molar-refractivity contribution in [1.29, 1.82) is 0 Å². The van der Waals surface area contributed by atoms with Gasteiger partial charge < -0.3 is 9.64 Å². The number of carbonyl (C=O) groups excluding carboxylic acids is 1. The molecule has 9 heteroatoms. The van der Waals surface area contributed by atoms with E-state index in [-0.39, 0.29) is 11.1 Å². The third-order valence-electron chi connectivity index (χ3n) is 5.31. The molecule has 3 aromatic rings. The second-order valence-electron chi connectivity index (χ2n) is 7.03. The SMILES string of the molecule is COc1cc(N2CCN(C(C=O)n3ncc4cccnc43)C(C)C2)c(F)cc1Cl. The second kappa shape index (κ2) is 7.96. The molecule has 1 fully saturated rings. The molecule has 3 heterocycles. The molecule has 29 heavy (non-hydrogen) atoms. The van der Waals surface area contributed by atoms with Crippen molar-refractivity contribution in [3.63, 3.8) is 0 Å². The van der Waals surface area contributed by atoms with Crippen molar-refractivity contribution >= 4 is 34.6 Å². The maximum absolute atomic E-state index is 14.5. The lowest BCUT2D eigenvalue weighted by Crippen LogP contribution is -2.54. The van der Waals surface area contributed by atoms with Gasteiger partial charge in [0.25, 0.3) is 0 Å². The zero-order chi connectivity index (χ0) is 20.5. The smallest absolute Gasteiger partial charge is 0.163 e. The third kappa shape index (κ3) is 3.54. The number of pyridine rings is 1. The summed E-state index contributed by atoms with van der Waals surface area (Å²) in [5.74, 6) is 0.0312. The van der Waals surface area contributed by atoms with Gasteiger partial charge in [0, 0.05) is 43.3 Å². The minimum absolute atomic E-state index is 0.0250. The molecule has 152 valence electrons. The molecular formula is C20H21ClFN5O2. The number of hydrogen-bond acceptors (Lipinski definition) is 6. The topological polar surface area (TPSA) is 63.5 Å². The number of rotatable bonds is 5. The Hall–Kier alpha value is -2.71. The first-order chi connectivity index (χ1) is 14.0. The van der Waals surface area contributed by atoms with E-state index < -0.39 is 12.0 Å². The minimum Gasteiger partial charge on any atom is -0.495 e. The zero-order valence-corrected chi connectivity index (χ0v) is 16.9. The predicted molar refractivity (Wildman–Crippen MR) is 109 cm³/mol. The molecule has 0 amide bonds. The van der Waals surface area contributed by atoms with Crippen LogP contribution in [0.1, 0.15) is 13.1 Å². The van der Waals surface area contributed by atoms with Crippen LogP contribution in [-0.2, 0) is 4.79 Å². The lowest BCUT2D eigenvalue weighted by Gasteiger charge is -2.43. The van der Waals surface area contributed by atoms with Crippen LogP contribution < -0.4 is 9.64 Å². The van der Waals surface area contributed by atoms with Crippen molar-refractivity contribution in [2.75, 3.05) is 31.6 Å². The number of aromatic nitrogens is 3. The number of aldehydes is 1. The van der Waals surface area contributed by atoms with E-state index in [1.807, 2.05) is 24.0 Å². The van der Waals surface area contributed by atoms with Gasteiger partial charge in [-0.15, -0.1) is 0 Å². The lowest BCUT2D eigenvalue weighted by molar-refractivity contribution is -0.117. The van der Waals surface area contributed by atoms with Gasteiger partial charge in [0.05, 0.1) is 24.0 Å². The van der Waals surface area contributed by atoms with Crippen LogP contribution in [-0.4, -0.2) is 58.7 Å². The molecule has 1 aliphatic heterocycles. The highest BCUT2D eigenvalue weighted by Gasteiger charge is 2.32. The Morgan fingerprint density at radius 1 is 1.38 bits per heavy atom. The Morgan fingerprint density at radius 3 is 2.93 bits per heavy atom. The molecule has 0 bridgehead atoms. The molecule has 2 atom stereocenters. The van der Waals surface area contributed by atoms with Crippen molar-refractivity contribution in [3.8, 4) is 5.75 Å². The summed E-state index contributed by atoms with van der Waals surface area (Å²) >= 11 is 6.01. The Balaban J connectivity index is 1.58. The van der Waals surface area contributed by atoms with Crippen molar-refractivity contribution in [2.24, 2.45) is 0 Å². The number of hydrogen-bond donors (Lipinski definition) is 0. The maximum Gasteiger partial charge on any atom is 0.163 e. The van der Waals surface area contributed by atoms with E-state index in [0.717, 1.165) is 11.7 Å². The number of ether oxygens (including phenoxy) is 1. The van der Waals surface area contributed by atoms with Gasteiger partial charge in [-0.25, -0.2) is 14.1 Å². The normalized spacial score (nSPS) is 18.8. The molecule has 1 aromatic carbocycles. The number of fused-ring (bicyclic) bond motifs is 1. The first kappa shape index (κ1) is 19.6. The van der Waals surface area contributed by atoms with E-state index in [1.165, 1.54) is 13.2 Å². The number of carbonyl (C=O) groups is 1. The molecule has 2 unspecified atom stereocenters. The fourth-order valence-corrected chi connectivity index (χ4v) is 4.08. The first-order valence-electron chi connectivity index (χ1n) is 9.30. The van der Waals surface area contributed by atoms with Gasteiger partial charge in [0.1, 0.15) is 11.6 Å². The van der Waals surface area contributed by atoms with E-state index in [9.17, 15) is 9.18 Å². The van der Waals surface area contributed by atoms with Crippen LogP contribution >= 0.6 is 11.6 Å². The number of halogens is 2. The van der Waals surface area contributed by atoms with Crippen molar-refractivity contribution in [2.45, 2.75) is 19.1 Å². The highest BCUT2D eigenvalue weighted by atomic mass is 35.5. The quantitative estimate of drug-likeness (QED) is 0.594. The zero-order valence-electron chi connectivity index (χ0n) is 16.1. The molecular weight excluding hydrogens is 397 g/mol. The summed E-state index contributed by atoms with van der Waals surface area (Å²) in [5, 5.41) is 5.49. The summed E-state index contributed by atoms with van der Waals surface area (Å²) in [6.45, 7) is 3.65. The van der Waals surface area contributed by atoms with Gasteiger partial charge in [0.15, 0.2) is 18.1 Å². The first-order valence-corrected chi connectivity index (χ1v) is 9.68. The van der Waals surface area contributed by atoms with Crippen molar-refractivity contribution < 1.29 is 13.9 Å². The largest absolute Gasteiger partial charge is 0.495 e. The van der Waals surface area contributed by atoms with Gasteiger partial charge in [-0.1, -0.05) is 11.6 Å². The number of benzene rings is 1. The van der Waals surface area contributed by atoms with Crippen LogP contribution in [0.2, 0.25) is 5.02 Å². The number of piperazine rings is 1. The van der Waals surface area contributed by atoms with E-state index in [0.29, 0.717) is 36.7 Å². The van der Waals surface area contributed by atoms with Gasteiger partial charge in [0.2, 0.25) is 0 Å². The number of nitrogens with zero attached hydrogens (tertiary/aromatic N) is 5. The number of anilines is 1. The monoisotopic (exact) mass is 417 g/mol. The van der Waals surface area contributed by atoms with Gasteiger partial charge >= 0.3 is 0 Å². The summed E-state index contributed by atoms with van der Waals surface area (Å²) in [7, 11) is 1.50. The summed E-state index contributed by atoms with van der Waals surface area (Å²) in [6, 6.07) is 6.60. The molecule has 1 saturated heterocycles. The van der Waals surface area contributed by atoms with Gasteiger partial charge in [-0.3, -0.25) is 9.69 Å². The van der Waals surface area contributed by atoms with Crippen LogP contribution in [0.3, 0.4) is 0 Å². The Morgan fingerprint density at radius 2 is 2.21 bits per heavy atom. The molecule has 2 aromatic heterocycles. The van der Waals surface area contributed by atoms with E-state index in [2.05, 4.69) is 15.0 Å². The molecule has 0 N–H and O–H groups in total. The van der Waals surface area contributed by atoms with Gasteiger partial charge in [-0.05, 0) is 25.1 Å². The van der Waals surface area contributed by atoms with Crippen LogP contribution in [0.5, 0.6) is 5.75 Å². The van der Waals surface area contributed by atoms with Gasteiger partial charge in [-0.2, -0.15) is 5.10 Å². The molecule has 0 saturated carbocycles. The number of methoxy groups -OCH3 is 1. The highest BCUT2D eigenvalue weighted by molar-refractivity contribution is 6.32. The predicted octanol–water partition coefficient (Wildman–Crippen LogP) is 3.14. The molecule has 0 spiro atoms. The Labute approximate surface area is 172 Å². The minimum atomic E-state index is -0.579. The van der Waals surface area contributed by atoms with Crippen LogP contribution in [0.4, 0.5) is 10.1 Å². The van der Waals surface area contributed by atoms with Crippen LogP contribution in [0, 0.1) is 5.82 Å².